The van der Waals surface area contributed by atoms with E-state index in [2.05, 4.69) is 14.8 Å². The molecule has 0 radical (unpaired) electrons. The second-order valence-corrected chi connectivity index (χ2v) is 7.38. The number of rotatable bonds is 3. The number of ether oxygens (including phenoxy) is 1. The Balaban J connectivity index is 1.86. The summed E-state index contributed by atoms with van der Waals surface area (Å²) in [5.41, 5.74) is 12.1. The van der Waals surface area contributed by atoms with Gasteiger partial charge in [-0.05, 0) is 19.3 Å². The molecule has 25 heavy (non-hydrogen) atoms. The van der Waals surface area contributed by atoms with E-state index in [1.165, 1.54) is 17.8 Å². The summed E-state index contributed by atoms with van der Waals surface area (Å²) in [4.78, 5) is 26.7. The van der Waals surface area contributed by atoms with Crippen molar-refractivity contribution in [3.63, 3.8) is 0 Å². The molecule has 2 saturated heterocycles. The Morgan fingerprint density at radius 2 is 1.76 bits per heavy atom. The van der Waals surface area contributed by atoms with Gasteiger partial charge in [-0.15, -0.1) is 11.3 Å². The van der Waals surface area contributed by atoms with Crippen LogP contribution in [0, 0.1) is 0 Å². The summed E-state index contributed by atoms with van der Waals surface area (Å²) in [5.74, 6) is 0.985. The highest BCUT2D eigenvalue weighted by Crippen LogP contribution is 2.39. The van der Waals surface area contributed by atoms with E-state index < -0.39 is 5.91 Å². The highest BCUT2D eigenvalue weighted by molar-refractivity contribution is 7.21. The number of hydrogen-bond donors (Lipinski definition) is 2. The number of aromatic nitrogens is 2. The van der Waals surface area contributed by atoms with Crippen LogP contribution in [0.4, 0.5) is 17.5 Å². The first-order valence-electron chi connectivity index (χ1n) is 8.62. The summed E-state index contributed by atoms with van der Waals surface area (Å²) in [7, 11) is 0. The quantitative estimate of drug-likeness (QED) is 0.844. The van der Waals surface area contributed by atoms with Crippen LogP contribution in [-0.2, 0) is 4.74 Å². The Kier molecular flexibility index (Phi) is 4.34. The molecular weight excluding hydrogens is 340 g/mol. The minimum Gasteiger partial charge on any atom is -0.397 e. The molecule has 0 spiro atoms. The first-order chi connectivity index (χ1) is 12.1. The van der Waals surface area contributed by atoms with Crippen molar-refractivity contribution in [1.82, 2.24) is 9.97 Å². The third-order valence-corrected chi connectivity index (χ3v) is 5.84. The molecule has 8 nitrogen and oxygen atoms in total. The van der Waals surface area contributed by atoms with Crippen LogP contribution in [0.25, 0.3) is 10.2 Å². The minimum atomic E-state index is -0.516. The van der Waals surface area contributed by atoms with Gasteiger partial charge in [-0.2, -0.15) is 4.98 Å². The lowest BCUT2D eigenvalue weighted by molar-refractivity contribution is 0.100. The van der Waals surface area contributed by atoms with Gasteiger partial charge in [0, 0.05) is 26.2 Å². The van der Waals surface area contributed by atoms with Crippen LogP contribution < -0.4 is 21.3 Å². The zero-order valence-electron chi connectivity index (χ0n) is 14.0. The van der Waals surface area contributed by atoms with Crippen molar-refractivity contribution in [2.24, 2.45) is 5.73 Å². The highest BCUT2D eigenvalue weighted by Gasteiger charge is 2.25. The van der Waals surface area contributed by atoms with E-state index in [0.29, 0.717) is 29.7 Å². The van der Waals surface area contributed by atoms with E-state index in [1.54, 1.807) is 0 Å². The van der Waals surface area contributed by atoms with E-state index in [0.717, 1.165) is 55.1 Å². The van der Waals surface area contributed by atoms with Gasteiger partial charge in [0.15, 0.2) is 0 Å². The Bertz CT molecular complexity index is 796. The maximum Gasteiger partial charge on any atom is 0.260 e. The van der Waals surface area contributed by atoms with Gasteiger partial charge in [0.1, 0.15) is 15.5 Å². The molecule has 2 aromatic heterocycles. The van der Waals surface area contributed by atoms with E-state index in [1.807, 2.05) is 0 Å². The number of hydrogen-bond acceptors (Lipinski definition) is 8. The molecule has 2 aliphatic rings. The van der Waals surface area contributed by atoms with Crippen molar-refractivity contribution in [3.8, 4) is 0 Å². The minimum absolute atomic E-state index is 0.363. The Morgan fingerprint density at radius 3 is 2.44 bits per heavy atom. The Labute approximate surface area is 149 Å². The van der Waals surface area contributed by atoms with Crippen LogP contribution in [0.5, 0.6) is 0 Å². The van der Waals surface area contributed by atoms with Gasteiger partial charge < -0.3 is 26.0 Å². The Hall–Kier alpha value is -2.13. The average molecular weight is 362 g/mol. The van der Waals surface area contributed by atoms with Crippen molar-refractivity contribution in [1.29, 1.82) is 0 Å². The Morgan fingerprint density at radius 1 is 1.04 bits per heavy atom. The maximum atomic E-state index is 11.7. The summed E-state index contributed by atoms with van der Waals surface area (Å²) in [6, 6.07) is 0. The van der Waals surface area contributed by atoms with E-state index in [9.17, 15) is 4.79 Å². The summed E-state index contributed by atoms with van der Waals surface area (Å²) in [5, 5.41) is 0.762. The smallest absolute Gasteiger partial charge is 0.260 e. The van der Waals surface area contributed by atoms with Gasteiger partial charge in [-0.1, -0.05) is 0 Å². The molecule has 0 bridgehead atoms. The number of nitrogen functional groups attached to an aromatic ring is 1. The third-order valence-electron chi connectivity index (χ3n) is 4.73. The first-order valence-corrected chi connectivity index (χ1v) is 9.44. The van der Waals surface area contributed by atoms with Crippen molar-refractivity contribution >= 4 is 44.9 Å². The molecule has 134 valence electrons. The number of carbonyl (C=O) groups is 1. The van der Waals surface area contributed by atoms with Gasteiger partial charge in [-0.25, -0.2) is 4.98 Å². The van der Waals surface area contributed by atoms with E-state index >= 15 is 0 Å². The zero-order valence-corrected chi connectivity index (χ0v) is 14.8. The highest BCUT2D eigenvalue weighted by atomic mass is 32.1. The maximum absolute atomic E-state index is 11.7. The third kappa shape index (κ3) is 2.98. The van der Waals surface area contributed by atoms with Crippen LogP contribution >= 0.6 is 11.3 Å². The number of primary amides is 1. The van der Waals surface area contributed by atoms with Crippen LogP contribution in [0.15, 0.2) is 0 Å². The van der Waals surface area contributed by atoms with Crippen molar-refractivity contribution in [2.75, 3.05) is 54.9 Å². The lowest BCUT2D eigenvalue weighted by Crippen LogP contribution is -2.38. The molecule has 0 aromatic carbocycles. The zero-order chi connectivity index (χ0) is 17.4. The number of morpholine rings is 1. The van der Waals surface area contributed by atoms with Gasteiger partial charge in [0.25, 0.3) is 5.91 Å². The molecule has 4 heterocycles. The summed E-state index contributed by atoms with van der Waals surface area (Å²) in [6.45, 7) is 4.73. The predicted octanol–water partition coefficient (Wildman–Crippen LogP) is 1.20. The van der Waals surface area contributed by atoms with Crippen LogP contribution in [0.1, 0.15) is 28.9 Å². The van der Waals surface area contributed by atoms with E-state index in [4.69, 9.17) is 21.2 Å². The first kappa shape index (κ1) is 16.3. The molecule has 4 N–H and O–H groups in total. The van der Waals surface area contributed by atoms with Gasteiger partial charge >= 0.3 is 0 Å². The summed E-state index contributed by atoms with van der Waals surface area (Å²) in [6.07, 6.45) is 3.49. The summed E-state index contributed by atoms with van der Waals surface area (Å²) >= 11 is 1.25. The fourth-order valence-corrected chi connectivity index (χ4v) is 4.35. The topological polar surface area (TPSA) is 111 Å². The van der Waals surface area contributed by atoms with Crippen molar-refractivity contribution in [3.05, 3.63) is 4.88 Å². The van der Waals surface area contributed by atoms with Gasteiger partial charge in [0.2, 0.25) is 5.95 Å². The molecule has 0 saturated carbocycles. The van der Waals surface area contributed by atoms with E-state index in [-0.39, 0.29) is 0 Å². The number of piperidine rings is 1. The fourth-order valence-electron chi connectivity index (χ4n) is 3.42. The molecule has 0 atom stereocenters. The van der Waals surface area contributed by atoms with Crippen molar-refractivity contribution in [2.45, 2.75) is 19.3 Å². The number of thiophene rings is 1. The molecule has 4 rings (SSSR count). The normalized spacial score (nSPS) is 18.7. The molecule has 0 unspecified atom stereocenters. The lowest BCUT2D eigenvalue weighted by atomic mass is 10.1. The molecule has 2 aromatic rings. The molecule has 0 aliphatic carbocycles. The molecule has 2 fully saturated rings. The van der Waals surface area contributed by atoms with Crippen molar-refractivity contribution < 1.29 is 9.53 Å². The largest absolute Gasteiger partial charge is 0.397 e. The number of amides is 1. The number of carbonyl (C=O) groups excluding carboxylic acids is 1. The average Bonchev–Trinajstić information content (AvgIpc) is 2.99. The molecule has 2 aliphatic heterocycles. The van der Waals surface area contributed by atoms with Crippen LogP contribution in [-0.4, -0.2) is 55.3 Å². The fraction of sp³-hybridized carbons (Fsp3) is 0.562. The second-order valence-electron chi connectivity index (χ2n) is 6.38. The summed E-state index contributed by atoms with van der Waals surface area (Å²) < 4.78 is 5.42. The molecular formula is C16H22N6O2S. The van der Waals surface area contributed by atoms with Gasteiger partial charge in [0.05, 0.1) is 24.3 Å². The number of fused-ring (bicyclic) bond motifs is 1. The monoisotopic (exact) mass is 362 g/mol. The second kappa shape index (κ2) is 6.64. The SMILES string of the molecule is NC(=O)c1sc2nc(N3CCOCC3)nc(N3CCCCC3)c2c1N. The van der Waals surface area contributed by atoms with Gasteiger partial charge in [-0.3, -0.25) is 4.79 Å². The molecule has 1 amide bonds. The number of anilines is 3. The lowest BCUT2D eigenvalue weighted by Gasteiger charge is -2.31. The molecule has 9 heteroatoms. The number of nitrogens with zero attached hydrogens (tertiary/aromatic N) is 4. The van der Waals surface area contributed by atoms with Crippen LogP contribution in [0.2, 0.25) is 0 Å². The predicted molar refractivity (Wildman–Crippen MR) is 99.4 cm³/mol. The number of nitrogens with two attached hydrogens (primary N) is 2. The van der Waals surface area contributed by atoms with Crippen LogP contribution in [0.3, 0.4) is 0 Å². The standard InChI is InChI=1S/C16H22N6O2S/c17-11-10-14(21-4-2-1-3-5-21)19-16(22-6-8-24-9-7-22)20-15(10)25-12(11)13(18)23/h1-9,17H2,(H2,18,23).